The summed E-state index contributed by atoms with van der Waals surface area (Å²) >= 11 is 2.12. The van der Waals surface area contributed by atoms with Crippen molar-refractivity contribution in [3.63, 3.8) is 0 Å². The molecular formula is C20H39NS. The molecule has 1 heterocycles. The summed E-state index contributed by atoms with van der Waals surface area (Å²) in [4.78, 5) is 1.67. The van der Waals surface area contributed by atoms with Crippen molar-refractivity contribution in [3.8, 4) is 0 Å². The van der Waals surface area contributed by atoms with E-state index in [-0.39, 0.29) is 0 Å². The van der Waals surface area contributed by atoms with Crippen molar-refractivity contribution in [2.24, 2.45) is 5.92 Å². The molecule has 22 heavy (non-hydrogen) atoms. The van der Waals surface area contributed by atoms with Crippen LogP contribution in [0, 0.1) is 5.92 Å². The lowest BCUT2D eigenvalue weighted by molar-refractivity contribution is 0.476. The highest BCUT2D eigenvalue weighted by molar-refractivity contribution is 8.03. The molecule has 1 unspecified atom stereocenters. The van der Waals surface area contributed by atoms with Gasteiger partial charge in [-0.2, -0.15) is 0 Å². The van der Waals surface area contributed by atoms with Crippen molar-refractivity contribution in [3.05, 3.63) is 10.6 Å². The summed E-state index contributed by atoms with van der Waals surface area (Å²) in [7, 11) is 0. The van der Waals surface area contributed by atoms with E-state index in [4.69, 9.17) is 0 Å². The Morgan fingerprint density at radius 1 is 0.864 bits per heavy atom. The number of thioether (sulfide) groups is 1. The smallest absolute Gasteiger partial charge is 0.0238 e. The van der Waals surface area contributed by atoms with Gasteiger partial charge in [0.2, 0.25) is 0 Å². The molecule has 0 spiro atoms. The van der Waals surface area contributed by atoms with Crippen molar-refractivity contribution in [2.75, 3.05) is 12.3 Å². The number of nitrogens with one attached hydrogen (secondary N) is 1. The van der Waals surface area contributed by atoms with Crippen LogP contribution in [0.5, 0.6) is 0 Å². The molecular weight excluding hydrogens is 286 g/mol. The minimum absolute atomic E-state index is 0.826. The molecule has 1 aliphatic rings. The van der Waals surface area contributed by atoms with E-state index >= 15 is 0 Å². The first-order chi connectivity index (χ1) is 10.8. The fourth-order valence-electron chi connectivity index (χ4n) is 3.48. The lowest BCUT2D eigenvalue weighted by Gasteiger charge is -2.26. The summed E-state index contributed by atoms with van der Waals surface area (Å²) in [5, 5.41) is 3.56. The predicted molar refractivity (Wildman–Crippen MR) is 103 cm³/mol. The maximum absolute atomic E-state index is 3.56. The first kappa shape index (κ1) is 19.9. The fourth-order valence-corrected chi connectivity index (χ4v) is 4.66. The Morgan fingerprint density at radius 2 is 1.50 bits per heavy atom. The van der Waals surface area contributed by atoms with Crippen molar-refractivity contribution in [1.29, 1.82) is 0 Å². The summed E-state index contributed by atoms with van der Waals surface area (Å²) in [5.41, 5.74) is 1.46. The van der Waals surface area contributed by atoms with Gasteiger partial charge in [-0.15, -0.1) is 11.8 Å². The van der Waals surface area contributed by atoms with Crippen LogP contribution < -0.4 is 5.32 Å². The minimum Gasteiger partial charge on any atom is -0.387 e. The van der Waals surface area contributed by atoms with E-state index < -0.39 is 0 Å². The average molecular weight is 326 g/mol. The molecule has 0 fully saturated rings. The van der Waals surface area contributed by atoms with E-state index in [0.29, 0.717) is 0 Å². The molecule has 0 aromatic carbocycles. The second-order valence-electron chi connectivity index (χ2n) is 6.87. The molecule has 0 saturated heterocycles. The van der Waals surface area contributed by atoms with Gasteiger partial charge >= 0.3 is 0 Å². The third-order valence-corrected chi connectivity index (χ3v) is 6.14. The third kappa shape index (κ3) is 8.50. The Balaban J connectivity index is 2.14. The summed E-state index contributed by atoms with van der Waals surface area (Å²) in [6, 6.07) is 0. The summed E-state index contributed by atoms with van der Waals surface area (Å²) in [5.74, 6) is 2.08. The van der Waals surface area contributed by atoms with Crippen LogP contribution in [-0.2, 0) is 0 Å². The van der Waals surface area contributed by atoms with Crippen LogP contribution in [0.4, 0.5) is 0 Å². The molecule has 0 radical (unpaired) electrons. The van der Waals surface area contributed by atoms with Gasteiger partial charge < -0.3 is 5.32 Å². The Hall–Kier alpha value is -0.110. The van der Waals surface area contributed by atoms with Gasteiger partial charge in [0.05, 0.1) is 0 Å². The molecule has 0 aromatic rings. The number of hydrogen-bond donors (Lipinski definition) is 1. The molecule has 0 aliphatic carbocycles. The van der Waals surface area contributed by atoms with E-state index in [2.05, 4.69) is 37.8 Å². The Bertz CT molecular complexity index is 298. The van der Waals surface area contributed by atoms with Crippen LogP contribution in [0.2, 0.25) is 0 Å². The summed E-state index contributed by atoms with van der Waals surface area (Å²) in [6.07, 6.45) is 17.0. The first-order valence-corrected chi connectivity index (χ1v) is 10.9. The molecule has 1 nitrogen and oxygen atoms in total. The van der Waals surface area contributed by atoms with E-state index in [1.165, 1.54) is 88.5 Å². The average Bonchev–Trinajstić information content (AvgIpc) is 2.53. The number of hydrogen-bond acceptors (Lipinski definition) is 2. The standard InChI is InChI=1S/C20H39NS/c1-4-6-7-8-9-10-11-12-13-15-19(14-5-2)20-18(3)21-16-17-22-20/h19,21H,4-17H2,1-3H3. The Morgan fingerprint density at radius 3 is 2.09 bits per heavy atom. The maximum atomic E-state index is 3.56. The Kier molecular flexibility index (Phi) is 12.1. The number of allylic oxidation sites excluding steroid dienone is 2. The maximum Gasteiger partial charge on any atom is 0.0238 e. The number of unbranched alkanes of at least 4 members (excludes halogenated alkanes) is 8. The lowest BCUT2D eigenvalue weighted by Crippen LogP contribution is -2.23. The van der Waals surface area contributed by atoms with E-state index in [9.17, 15) is 0 Å². The van der Waals surface area contributed by atoms with Crippen molar-refractivity contribution >= 4 is 11.8 Å². The normalized spacial score (nSPS) is 16.7. The zero-order valence-electron chi connectivity index (χ0n) is 15.4. The van der Waals surface area contributed by atoms with Gasteiger partial charge in [0.1, 0.15) is 0 Å². The summed E-state index contributed by atoms with van der Waals surface area (Å²) < 4.78 is 0. The van der Waals surface area contributed by atoms with Crippen molar-refractivity contribution < 1.29 is 0 Å². The molecule has 1 aliphatic heterocycles. The first-order valence-electron chi connectivity index (χ1n) is 9.87. The van der Waals surface area contributed by atoms with E-state index in [1.807, 2.05) is 0 Å². The van der Waals surface area contributed by atoms with Gasteiger partial charge in [-0.05, 0) is 25.7 Å². The second kappa shape index (κ2) is 13.3. The van der Waals surface area contributed by atoms with Gasteiger partial charge in [-0.1, -0.05) is 78.1 Å². The van der Waals surface area contributed by atoms with Gasteiger partial charge in [0, 0.05) is 22.9 Å². The van der Waals surface area contributed by atoms with Crippen LogP contribution in [0.3, 0.4) is 0 Å². The van der Waals surface area contributed by atoms with Crippen LogP contribution in [0.25, 0.3) is 0 Å². The van der Waals surface area contributed by atoms with Crippen LogP contribution in [-0.4, -0.2) is 12.3 Å². The molecule has 2 heteroatoms. The molecule has 1 N–H and O–H groups in total. The molecule has 1 rings (SSSR count). The fraction of sp³-hybridized carbons (Fsp3) is 0.900. The van der Waals surface area contributed by atoms with Crippen LogP contribution >= 0.6 is 11.8 Å². The molecule has 0 aromatic heterocycles. The lowest BCUT2D eigenvalue weighted by atomic mass is 9.94. The van der Waals surface area contributed by atoms with Crippen LogP contribution in [0.15, 0.2) is 10.6 Å². The predicted octanol–water partition coefficient (Wildman–Crippen LogP) is 6.89. The molecule has 0 bridgehead atoms. The molecule has 130 valence electrons. The van der Waals surface area contributed by atoms with Gasteiger partial charge in [0.15, 0.2) is 0 Å². The molecule has 1 atom stereocenters. The molecule has 0 saturated carbocycles. The SMILES string of the molecule is CCCCCCCCCCCC(CCC)C1=C(C)NCCS1. The van der Waals surface area contributed by atoms with Gasteiger partial charge in [-0.25, -0.2) is 0 Å². The topological polar surface area (TPSA) is 12.0 Å². The highest BCUT2D eigenvalue weighted by Crippen LogP contribution is 2.35. The second-order valence-corrected chi connectivity index (χ2v) is 8.00. The minimum atomic E-state index is 0.826. The van der Waals surface area contributed by atoms with E-state index in [1.54, 1.807) is 4.91 Å². The van der Waals surface area contributed by atoms with Gasteiger partial charge in [-0.3, -0.25) is 0 Å². The Labute approximate surface area is 144 Å². The zero-order chi connectivity index (χ0) is 16.0. The van der Waals surface area contributed by atoms with Crippen molar-refractivity contribution in [2.45, 2.75) is 97.8 Å². The van der Waals surface area contributed by atoms with Gasteiger partial charge in [0.25, 0.3) is 0 Å². The van der Waals surface area contributed by atoms with Crippen molar-refractivity contribution in [1.82, 2.24) is 5.32 Å². The third-order valence-electron chi connectivity index (χ3n) is 4.78. The largest absolute Gasteiger partial charge is 0.387 e. The summed E-state index contributed by atoms with van der Waals surface area (Å²) in [6.45, 7) is 8.06. The highest BCUT2D eigenvalue weighted by Gasteiger charge is 2.19. The van der Waals surface area contributed by atoms with E-state index in [0.717, 1.165) is 12.5 Å². The highest BCUT2D eigenvalue weighted by atomic mass is 32.2. The number of rotatable bonds is 13. The molecule has 0 amide bonds. The monoisotopic (exact) mass is 325 g/mol. The quantitative estimate of drug-likeness (QED) is 0.370. The van der Waals surface area contributed by atoms with Crippen LogP contribution in [0.1, 0.15) is 97.8 Å². The zero-order valence-corrected chi connectivity index (χ0v) is 16.2.